The van der Waals surface area contributed by atoms with Crippen molar-refractivity contribution in [2.24, 2.45) is 12.8 Å². The molecule has 0 saturated carbocycles. The number of quaternary nitrogens is 1. The predicted octanol–water partition coefficient (Wildman–Crippen LogP) is 0.992. The lowest BCUT2D eigenvalue weighted by Crippen LogP contribution is -2.63. The van der Waals surface area contributed by atoms with E-state index in [2.05, 4.69) is 10.3 Å². The molecule has 1 aromatic carbocycles. The van der Waals surface area contributed by atoms with E-state index in [1.165, 1.54) is 11.0 Å². The van der Waals surface area contributed by atoms with Crippen molar-refractivity contribution in [2.75, 3.05) is 26.2 Å². The maximum absolute atomic E-state index is 13.5. The molecular formula is C22H31N5O3+. The molecule has 30 heavy (non-hydrogen) atoms. The third-order valence-corrected chi connectivity index (χ3v) is 6.91. The van der Waals surface area contributed by atoms with E-state index < -0.39 is 5.91 Å². The largest absolute Gasteiger partial charge is 0.366 e. The number of nitrogens with zero attached hydrogens (tertiary/aromatic N) is 2. The highest BCUT2D eigenvalue weighted by Gasteiger charge is 2.44. The molecule has 2 aliphatic heterocycles. The monoisotopic (exact) mass is 413 g/mol. The van der Waals surface area contributed by atoms with Gasteiger partial charge in [-0.05, 0) is 43.4 Å². The lowest BCUT2D eigenvalue weighted by Gasteiger charge is -2.46. The first-order valence-electron chi connectivity index (χ1n) is 10.9. The summed E-state index contributed by atoms with van der Waals surface area (Å²) in [7, 11) is 1.65. The van der Waals surface area contributed by atoms with Crippen molar-refractivity contribution in [3.05, 3.63) is 40.2 Å². The van der Waals surface area contributed by atoms with Crippen molar-refractivity contribution in [1.82, 2.24) is 14.9 Å². The number of carbonyl (C=O) groups excluding carboxylic acids is 2. The number of amides is 2. The molecule has 0 atom stereocenters. The van der Waals surface area contributed by atoms with Gasteiger partial charge < -0.3 is 16.0 Å². The Labute approximate surface area is 176 Å². The second kappa shape index (κ2) is 8.35. The number of carbonyl (C=O) groups is 2. The first kappa shape index (κ1) is 20.8. The van der Waals surface area contributed by atoms with E-state index in [0.717, 1.165) is 57.4 Å². The number of nitrogens with one attached hydrogen (secondary N) is 2. The minimum absolute atomic E-state index is 0.185. The fraction of sp³-hybridized carbons (Fsp3) is 0.545. The van der Waals surface area contributed by atoms with Gasteiger partial charge in [-0.3, -0.25) is 13.8 Å². The summed E-state index contributed by atoms with van der Waals surface area (Å²) in [5.74, 6) is -0.408. The normalized spacial score (nSPS) is 19.8. The summed E-state index contributed by atoms with van der Waals surface area (Å²) in [6.07, 6.45) is 7.63. The van der Waals surface area contributed by atoms with E-state index in [0.29, 0.717) is 28.0 Å². The number of rotatable bonds is 5. The zero-order chi connectivity index (χ0) is 21.3. The third kappa shape index (κ3) is 3.70. The number of H-pyrrole nitrogens is 1. The summed E-state index contributed by atoms with van der Waals surface area (Å²) in [5.41, 5.74) is 7.39. The average molecular weight is 414 g/mol. The molecule has 2 amide bonds. The number of aryl methyl sites for hydroxylation is 1. The summed E-state index contributed by atoms with van der Waals surface area (Å²) < 4.78 is 2.02. The molecule has 8 heteroatoms. The molecule has 2 aliphatic rings. The molecule has 2 saturated heterocycles. The van der Waals surface area contributed by atoms with Crippen LogP contribution in [-0.2, 0) is 18.3 Å². The number of benzene rings is 1. The number of likely N-dealkylation sites (tertiary alicyclic amines) is 1. The van der Waals surface area contributed by atoms with Crippen LogP contribution in [0.3, 0.4) is 0 Å². The van der Waals surface area contributed by atoms with E-state index >= 15 is 0 Å². The molecule has 1 radical (unpaired) electrons. The molecule has 2 fully saturated rings. The second-order valence-corrected chi connectivity index (χ2v) is 8.66. The highest BCUT2D eigenvalue weighted by Crippen LogP contribution is 2.30. The van der Waals surface area contributed by atoms with Gasteiger partial charge in [-0.1, -0.05) is 0 Å². The molecule has 8 nitrogen and oxygen atoms in total. The van der Waals surface area contributed by atoms with Gasteiger partial charge in [0.2, 0.25) is 0 Å². The van der Waals surface area contributed by atoms with Crippen LogP contribution < -0.4 is 16.7 Å². The first-order valence-corrected chi connectivity index (χ1v) is 10.9. The van der Waals surface area contributed by atoms with Crippen LogP contribution in [0, 0.1) is 6.42 Å². The van der Waals surface area contributed by atoms with Crippen LogP contribution in [0.25, 0.3) is 11.0 Å². The Morgan fingerprint density at radius 3 is 2.57 bits per heavy atom. The minimum Gasteiger partial charge on any atom is -0.366 e. The Kier molecular flexibility index (Phi) is 5.79. The molecule has 0 spiro atoms. The first-order chi connectivity index (χ1) is 14.4. The van der Waals surface area contributed by atoms with Crippen LogP contribution in [0.2, 0.25) is 0 Å². The lowest BCUT2D eigenvalue weighted by atomic mass is 9.94. The fourth-order valence-electron chi connectivity index (χ4n) is 5.22. The van der Waals surface area contributed by atoms with Crippen LogP contribution in [0.4, 0.5) is 0 Å². The number of imidazole rings is 1. The van der Waals surface area contributed by atoms with Crippen molar-refractivity contribution in [3.63, 3.8) is 0 Å². The lowest BCUT2D eigenvalue weighted by molar-refractivity contribution is -0.884. The number of nitrogens with two attached hydrogens (primary N) is 1. The Morgan fingerprint density at radius 2 is 1.90 bits per heavy atom. The Morgan fingerprint density at radius 1 is 1.20 bits per heavy atom. The third-order valence-electron chi connectivity index (χ3n) is 6.91. The standard InChI is InChI=1S/C22H30N5O3/c1-26-18-14-15(13-17(21(23)29)20(18)25-22(26)30)5-6-19(28)27(11-3-2-4-12-27)16-7-9-24-10-8-16/h6,13-14,16,24H,2-5,7-12H2,1H3,(H2-,23,25,29,30)/p+1. The topological polar surface area (TPSA) is 110 Å². The van der Waals surface area contributed by atoms with Gasteiger partial charge in [0.05, 0.1) is 42.1 Å². The molecule has 4 N–H and O–H groups in total. The smallest absolute Gasteiger partial charge is 0.326 e. The molecule has 1 aromatic heterocycles. The minimum atomic E-state index is -0.593. The van der Waals surface area contributed by atoms with Crippen LogP contribution >= 0.6 is 0 Å². The molecule has 4 rings (SSSR count). The zero-order valence-electron chi connectivity index (χ0n) is 17.6. The van der Waals surface area contributed by atoms with Gasteiger partial charge in [-0.15, -0.1) is 0 Å². The molecule has 0 unspecified atom stereocenters. The summed E-state index contributed by atoms with van der Waals surface area (Å²) in [6, 6.07) is 3.92. The van der Waals surface area contributed by atoms with Gasteiger partial charge in [0, 0.05) is 33.0 Å². The molecule has 2 aromatic rings. The molecular weight excluding hydrogens is 382 g/mol. The van der Waals surface area contributed by atoms with Crippen molar-refractivity contribution < 1.29 is 14.1 Å². The Balaban J connectivity index is 1.59. The highest BCUT2D eigenvalue weighted by molar-refractivity contribution is 6.04. The van der Waals surface area contributed by atoms with Crippen molar-refractivity contribution in [2.45, 2.75) is 44.6 Å². The summed E-state index contributed by atoms with van der Waals surface area (Å²) >= 11 is 0. The van der Waals surface area contributed by atoms with E-state index in [-0.39, 0.29) is 17.2 Å². The molecule has 0 bridgehead atoms. The molecule has 0 aliphatic carbocycles. The van der Waals surface area contributed by atoms with E-state index in [1.54, 1.807) is 19.5 Å². The zero-order valence-corrected chi connectivity index (χ0v) is 17.6. The quantitative estimate of drug-likeness (QED) is 0.635. The summed E-state index contributed by atoms with van der Waals surface area (Å²) in [6.45, 7) is 3.77. The SMILES string of the molecule is Cn1c(=O)[nH]c2c(C(N)=O)cc(C[CH]C(=O)[N+]3(C4CCNCC4)CCCCC3)cc21. The van der Waals surface area contributed by atoms with Crippen molar-refractivity contribution >= 4 is 22.8 Å². The number of hydrogen-bond donors (Lipinski definition) is 3. The molecule has 3 heterocycles. The number of piperidine rings is 2. The van der Waals surface area contributed by atoms with Gasteiger partial charge in [-0.2, -0.15) is 0 Å². The summed E-state index contributed by atoms with van der Waals surface area (Å²) in [4.78, 5) is 40.1. The van der Waals surface area contributed by atoms with Gasteiger partial charge in [0.25, 0.3) is 5.91 Å². The van der Waals surface area contributed by atoms with Gasteiger partial charge >= 0.3 is 11.6 Å². The maximum atomic E-state index is 13.5. The Bertz CT molecular complexity index is 1010. The Hall–Kier alpha value is -2.45. The van der Waals surface area contributed by atoms with E-state index in [4.69, 9.17) is 5.73 Å². The number of aromatic amines is 1. The van der Waals surface area contributed by atoms with Crippen LogP contribution in [0.15, 0.2) is 16.9 Å². The maximum Gasteiger partial charge on any atom is 0.326 e. The number of fused-ring (bicyclic) bond motifs is 1. The van der Waals surface area contributed by atoms with Crippen LogP contribution in [0.5, 0.6) is 0 Å². The summed E-state index contributed by atoms with van der Waals surface area (Å²) in [5, 5.41) is 3.40. The van der Waals surface area contributed by atoms with Gasteiger partial charge in [0.1, 0.15) is 0 Å². The van der Waals surface area contributed by atoms with E-state index in [1.807, 2.05) is 6.07 Å². The number of hydrogen-bond acceptors (Lipinski definition) is 4. The fourth-order valence-corrected chi connectivity index (χ4v) is 5.22. The number of primary amides is 1. The van der Waals surface area contributed by atoms with Crippen LogP contribution in [0.1, 0.15) is 48.0 Å². The van der Waals surface area contributed by atoms with Crippen molar-refractivity contribution in [1.29, 1.82) is 0 Å². The highest BCUT2D eigenvalue weighted by atomic mass is 16.2. The number of aromatic nitrogens is 2. The van der Waals surface area contributed by atoms with E-state index in [9.17, 15) is 14.4 Å². The predicted molar refractivity (Wildman–Crippen MR) is 115 cm³/mol. The molecule has 161 valence electrons. The van der Waals surface area contributed by atoms with Crippen LogP contribution in [-0.4, -0.2) is 58.1 Å². The second-order valence-electron chi connectivity index (χ2n) is 8.66. The van der Waals surface area contributed by atoms with Crippen molar-refractivity contribution in [3.8, 4) is 0 Å². The van der Waals surface area contributed by atoms with Gasteiger partial charge in [-0.25, -0.2) is 9.59 Å². The van der Waals surface area contributed by atoms with Gasteiger partial charge in [0.15, 0.2) is 0 Å². The average Bonchev–Trinajstić information content (AvgIpc) is 3.06.